The van der Waals surface area contributed by atoms with Gasteiger partial charge in [-0.05, 0) is 18.2 Å². The molecule has 0 unspecified atom stereocenters. The molecule has 94 valence electrons. The van der Waals surface area contributed by atoms with Crippen molar-refractivity contribution in [3.05, 3.63) is 42.0 Å². The predicted molar refractivity (Wildman–Crippen MR) is 79.1 cm³/mol. The molecular formula is C13H15N3S2. The molecule has 1 aromatic heterocycles. The number of benzene rings is 1. The summed E-state index contributed by atoms with van der Waals surface area (Å²) in [5.41, 5.74) is 7.07. The maximum Gasteiger partial charge on any atom is 0.190 e. The van der Waals surface area contributed by atoms with Crippen LogP contribution in [0.4, 0.5) is 5.82 Å². The molecule has 2 aromatic rings. The van der Waals surface area contributed by atoms with Gasteiger partial charge in [0.1, 0.15) is 10.8 Å². The molecule has 2 rings (SSSR count). The summed E-state index contributed by atoms with van der Waals surface area (Å²) in [6.45, 7) is 0. The minimum atomic E-state index is 0.538. The topological polar surface area (TPSA) is 51.8 Å². The van der Waals surface area contributed by atoms with E-state index in [4.69, 9.17) is 5.73 Å². The van der Waals surface area contributed by atoms with E-state index in [1.165, 1.54) is 5.56 Å². The summed E-state index contributed by atoms with van der Waals surface area (Å²) in [5, 5.41) is 1.68. The van der Waals surface area contributed by atoms with E-state index >= 15 is 0 Å². The van der Waals surface area contributed by atoms with Crippen molar-refractivity contribution in [2.24, 2.45) is 0 Å². The summed E-state index contributed by atoms with van der Waals surface area (Å²) in [6, 6.07) is 12.2. The van der Waals surface area contributed by atoms with E-state index in [1.807, 2.05) is 12.3 Å². The van der Waals surface area contributed by atoms with E-state index < -0.39 is 0 Å². The molecule has 0 fully saturated rings. The third kappa shape index (κ3) is 3.92. The van der Waals surface area contributed by atoms with Gasteiger partial charge in [-0.15, -0.1) is 11.8 Å². The van der Waals surface area contributed by atoms with E-state index in [2.05, 4.69) is 34.2 Å². The fourth-order valence-corrected chi connectivity index (χ4v) is 2.82. The molecule has 0 saturated heterocycles. The fraction of sp³-hybridized carbons (Fsp3) is 0.231. The van der Waals surface area contributed by atoms with E-state index in [-0.39, 0.29) is 0 Å². The van der Waals surface area contributed by atoms with E-state index in [0.29, 0.717) is 5.82 Å². The Morgan fingerprint density at radius 1 is 1.17 bits per heavy atom. The van der Waals surface area contributed by atoms with Crippen molar-refractivity contribution >= 4 is 29.3 Å². The molecule has 2 N–H and O–H groups in total. The van der Waals surface area contributed by atoms with Crippen molar-refractivity contribution in [2.45, 2.75) is 16.6 Å². The number of nitrogen functional groups attached to an aromatic ring is 1. The van der Waals surface area contributed by atoms with Crippen LogP contribution in [0.15, 0.2) is 46.6 Å². The van der Waals surface area contributed by atoms with Crippen LogP contribution in [-0.4, -0.2) is 22.0 Å². The number of anilines is 1. The fourth-order valence-electron chi connectivity index (χ4n) is 1.49. The number of nitrogens with two attached hydrogens (primary N) is 1. The Hall–Kier alpha value is -1.20. The van der Waals surface area contributed by atoms with Gasteiger partial charge in [0.05, 0.1) is 0 Å². The quantitative estimate of drug-likeness (QED) is 0.517. The number of aromatic nitrogens is 2. The van der Waals surface area contributed by atoms with Gasteiger partial charge >= 0.3 is 0 Å². The van der Waals surface area contributed by atoms with Crippen LogP contribution in [0.25, 0.3) is 0 Å². The van der Waals surface area contributed by atoms with Gasteiger partial charge in [0.2, 0.25) is 0 Å². The average Bonchev–Trinajstić information content (AvgIpc) is 2.39. The number of rotatable bonds is 5. The number of hydrogen-bond acceptors (Lipinski definition) is 5. The average molecular weight is 277 g/mol. The zero-order chi connectivity index (χ0) is 12.8. The Bertz CT molecular complexity index is 503. The first-order chi connectivity index (χ1) is 8.78. The lowest BCUT2D eigenvalue weighted by Crippen LogP contribution is -1.97. The highest BCUT2D eigenvalue weighted by atomic mass is 32.2. The molecule has 5 heteroatoms. The molecule has 0 atom stereocenters. The summed E-state index contributed by atoms with van der Waals surface area (Å²) >= 11 is 3.23. The van der Waals surface area contributed by atoms with E-state index in [9.17, 15) is 0 Å². The Balaban J connectivity index is 1.92. The van der Waals surface area contributed by atoms with Gasteiger partial charge in [-0.1, -0.05) is 42.1 Å². The van der Waals surface area contributed by atoms with Crippen molar-refractivity contribution < 1.29 is 0 Å². The molecule has 3 nitrogen and oxygen atoms in total. The molecule has 18 heavy (non-hydrogen) atoms. The molecule has 0 aliphatic heterocycles. The Labute approximate surface area is 116 Å². The molecular weight excluding hydrogens is 262 g/mol. The van der Waals surface area contributed by atoms with Gasteiger partial charge in [-0.2, -0.15) is 0 Å². The maximum absolute atomic E-state index is 5.74. The summed E-state index contributed by atoms with van der Waals surface area (Å²) in [5.74, 6) is 1.50. The molecule has 0 bridgehead atoms. The van der Waals surface area contributed by atoms with Crippen LogP contribution < -0.4 is 5.73 Å². The Kier molecular flexibility index (Phi) is 4.90. The number of hydrogen-bond donors (Lipinski definition) is 1. The lowest BCUT2D eigenvalue weighted by Gasteiger charge is -2.04. The number of thioether (sulfide) groups is 2. The molecule has 0 amide bonds. The van der Waals surface area contributed by atoms with Crippen molar-refractivity contribution in [1.29, 1.82) is 0 Å². The van der Waals surface area contributed by atoms with Crippen LogP contribution in [0.1, 0.15) is 5.56 Å². The van der Waals surface area contributed by atoms with Crippen molar-refractivity contribution in [3.63, 3.8) is 0 Å². The van der Waals surface area contributed by atoms with Crippen LogP contribution in [0.2, 0.25) is 0 Å². The van der Waals surface area contributed by atoms with Crippen LogP contribution >= 0.6 is 23.5 Å². The molecule has 0 radical (unpaired) electrons. The van der Waals surface area contributed by atoms with Gasteiger partial charge < -0.3 is 5.73 Å². The first kappa shape index (κ1) is 13.2. The standard InChI is InChI=1S/C13H15N3S2/c1-17-12-9-11(14)15-13(16-12)18-8-7-10-5-3-2-4-6-10/h2-6,9H,7-8H2,1H3,(H2,14,15,16). The first-order valence-corrected chi connectivity index (χ1v) is 7.84. The summed E-state index contributed by atoms with van der Waals surface area (Å²) < 4.78 is 0. The number of nitrogens with zero attached hydrogens (tertiary/aromatic N) is 2. The maximum atomic E-state index is 5.74. The second-order valence-corrected chi connectivity index (χ2v) is 5.59. The van der Waals surface area contributed by atoms with E-state index in [1.54, 1.807) is 29.6 Å². The second-order valence-electron chi connectivity index (χ2n) is 3.70. The Morgan fingerprint density at radius 2 is 1.94 bits per heavy atom. The highest BCUT2D eigenvalue weighted by Crippen LogP contribution is 2.20. The minimum Gasteiger partial charge on any atom is -0.384 e. The van der Waals surface area contributed by atoms with Gasteiger partial charge in [0.25, 0.3) is 0 Å². The van der Waals surface area contributed by atoms with Crippen molar-refractivity contribution in [3.8, 4) is 0 Å². The summed E-state index contributed by atoms with van der Waals surface area (Å²) in [4.78, 5) is 8.65. The summed E-state index contributed by atoms with van der Waals surface area (Å²) in [6.07, 6.45) is 3.00. The third-order valence-electron chi connectivity index (χ3n) is 2.38. The highest BCUT2D eigenvalue weighted by Gasteiger charge is 2.03. The number of aryl methyl sites for hydroxylation is 1. The highest BCUT2D eigenvalue weighted by molar-refractivity contribution is 7.99. The van der Waals surface area contributed by atoms with Crippen molar-refractivity contribution in [2.75, 3.05) is 17.7 Å². The van der Waals surface area contributed by atoms with Crippen LogP contribution in [0.5, 0.6) is 0 Å². The van der Waals surface area contributed by atoms with Crippen LogP contribution in [0, 0.1) is 0 Å². The van der Waals surface area contributed by atoms with Gasteiger partial charge in [-0.3, -0.25) is 0 Å². The van der Waals surface area contributed by atoms with Crippen molar-refractivity contribution in [1.82, 2.24) is 9.97 Å². The molecule has 1 aromatic carbocycles. The van der Waals surface area contributed by atoms with Gasteiger partial charge in [-0.25, -0.2) is 9.97 Å². The minimum absolute atomic E-state index is 0.538. The SMILES string of the molecule is CSc1cc(N)nc(SCCc2ccccc2)n1. The molecule has 1 heterocycles. The largest absolute Gasteiger partial charge is 0.384 e. The molecule has 0 spiro atoms. The van der Waals surface area contributed by atoms with Crippen LogP contribution in [-0.2, 0) is 6.42 Å². The third-order valence-corrected chi connectivity index (χ3v) is 3.85. The zero-order valence-corrected chi connectivity index (χ0v) is 11.8. The van der Waals surface area contributed by atoms with Gasteiger partial charge in [0, 0.05) is 11.8 Å². The van der Waals surface area contributed by atoms with Crippen LogP contribution in [0.3, 0.4) is 0 Å². The monoisotopic (exact) mass is 277 g/mol. The van der Waals surface area contributed by atoms with E-state index in [0.717, 1.165) is 22.4 Å². The lowest BCUT2D eigenvalue weighted by molar-refractivity contribution is 0.899. The molecule has 0 aliphatic carbocycles. The Morgan fingerprint density at radius 3 is 2.67 bits per heavy atom. The normalized spacial score (nSPS) is 10.5. The predicted octanol–water partition coefficient (Wildman–Crippen LogP) is 3.12. The lowest BCUT2D eigenvalue weighted by atomic mass is 10.2. The smallest absolute Gasteiger partial charge is 0.190 e. The summed E-state index contributed by atoms with van der Waals surface area (Å²) in [7, 11) is 0. The molecule has 0 aliphatic rings. The second kappa shape index (κ2) is 6.66. The zero-order valence-electron chi connectivity index (χ0n) is 10.2. The molecule has 0 saturated carbocycles. The first-order valence-electron chi connectivity index (χ1n) is 5.63. The van der Waals surface area contributed by atoms with Gasteiger partial charge in [0.15, 0.2) is 5.16 Å².